The molecule has 3 aliphatic rings. The summed E-state index contributed by atoms with van der Waals surface area (Å²) in [6, 6.07) is 12.9. The summed E-state index contributed by atoms with van der Waals surface area (Å²) in [6.07, 6.45) is 8.38. The average Bonchev–Trinajstić information content (AvgIpc) is 3.20. The standard InChI is InChI=1S/C43H53FN6O6/c1-4-5-16-49-27-35(33-10-15-45-25-34(33)42(49)52)31-7-9-39(40(23-31)54-3)56-38-13-19-48(28-36(38)44)26-30-11-17-47(18-12-30)21-22-55-32-8-6-29(2)37(24-32)50-20-14-41(51)46-43(50)53/h6-10,15,23-25,27,30,36,38H,4-5,11-14,16-22,26,28H2,1-3H3,(H,46,51,53)/t36-,38-/m0/s1. The molecule has 0 saturated carbocycles. The van der Waals surface area contributed by atoms with Gasteiger partial charge in [0.15, 0.2) is 11.5 Å². The molecule has 3 amide bonds. The molecule has 2 aromatic carbocycles. The number of urea groups is 1. The van der Waals surface area contributed by atoms with Gasteiger partial charge in [0, 0.05) is 75.9 Å². The van der Waals surface area contributed by atoms with Crippen LogP contribution in [0.2, 0.25) is 0 Å². The van der Waals surface area contributed by atoms with Gasteiger partial charge >= 0.3 is 6.03 Å². The number of fused-ring (bicyclic) bond motifs is 1. The van der Waals surface area contributed by atoms with E-state index < -0.39 is 18.3 Å². The number of likely N-dealkylation sites (tertiary alicyclic amines) is 2. The largest absolute Gasteiger partial charge is 0.493 e. The number of rotatable bonds is 14. The van der Waals surface area contributed by atoms with Crippen molar-refractivity contribution in [2.45, 2.75) is 71.2 Å². The van der Waals surface area contributed by atoms with Gasteiger partial charge in [0.05, 0.1) is 18.2 Å². The van der Waals surface area contributed by atoms with E-state index in [4.69, 9.17) is 14.2 Å². The van der Waals surface area contributed by atoms with E-state index in [1.807, 2.05) is 55.6 Å². The Kier molecular flexibility index (Phi) is 12.5. The van der Waals surface area contributed by atoms with Gasteiger partial charge in [-0.2, -0.15) is 0 Å². The number of benzene rings is 2. The van der Waals surface area contributed by atoms with Gasteiger partial charge in [-0.05, 0) is 92.4 Å². The molecule has 0 radical (unpaired) electrons. The van der Waals surface area contributed by atoms with E-state index in [0.29, 0.717) is 61.2 Å². The number of alkyl halides is 1. The second-order valence-electron chi connectivity index (χ2n) is 15.2. The van der Waals surface area contributed by atoms with Crippen LogP contribution in [0.4, 0.5) is 14.9 Å². The molecule has 298 valence electrons. The van der Waals surface area contributed by atoms with E-state index in [2.05, 4.69) is 27.0 Å². The lowest BCUT2D eigenvalue weighted by Gasteiger charge is -2.39. The highest BCUT2D eigenvalue weighted by Gasteiger charge is 2.33. The molecule has 12 nitrogen and oxygen atoms in total. The number of piperidine rings is 2. The van der Waals surface area contributed by atoms with Crippen LogP contribution >= 0.6 is 0 Å². The molecule has 2 aromatic heterocycles. The first kappa shape index (κ1) is 39.2. The number of unbranched alkanes of at least 4 members (excludes halogenated alkanes) is 1. The number of ether oxygens (including phenoxy) is 3. The Morgan fingerprint density at radius 2 is 1.75 bits per heavy atom. The van der Waals surface area contributed by atoms with Crippen molar-refractivity contribution in [2.75, 3.05) is 64.4 Å². The van der Waals surface area contributed by atoms with Crippen molar-refractivity contribution in [3.63, 3.8) is 0 Å². The summed E-state index contributed by atoms with van der Waals surface area (Å²) < 4.78 is 35.6. The lowest BCUT2D eigenvalue weighted by atomic mass is 9.94. The molecule has 4 aromatic rings. The van der Waals surface area contributed by atoms with Crippen molar-refractivity contribution in [1.29, 1.82) is 0 Å². The van der Waals surface area contributed by atoms with Gasteiger partial charge < -0.3 is 18.8 Å². The molecule has 0 aliphatic carbocycles. The van der Waals surface area contributed by atoms with Crippen molar-refractivity contribution in [3.05, 3.63) is 77.0 Å². The van der Waals surface area contributed by atoms with E-state index >= 15 is 4.39 Å². The molecule has 0 unspecified atom stereocenters. The molecule has 2 atom stereocenters. The number of halogens is 1. The van der Waals surface area contributed by atoms with Crippen molar-refractivity contribution in [1.82, 2.24) is 24.7 Å². The Balaban J connectivity index is 0.879. The number of carbonyl (C=O) groups is 2. The van der Waals surface area contributed by atoms with Crippen LogP contribution in [0.5, 0.6) is 17.2 Å². The Morgan fingerprint density at radius 3 is 2.52 bits per heavy atom. The number of hydrogen-bond acceptors (Lipinski definition) is 9. The average molecular weight is 769 g/mol. The smallest absolute Gasteiger partial charge is 0.328 e. The molecule has 13 heteroatoms. The quantitative estimate of drug-likeness (QED) is 0.160. The highest BCUT2D eigenvalue weighted by Crippen LogP contribution is 2.37. The summed E-state index contributed by atoms with van der Waals surface area (Å²) in [6.45, 7) is 10.3. The molecule has 3 saturated heterocycles. The Bertz CT molecular complexity index is 2080. The lowest BCUT2D eigenvalue weighted by molar-refractivity contribution is -0.120. The minimum absolute atomic E-state index is 0.0488. The number of carbonyl (C=O) groups excluding carboxylic acids is 2. The fraction of sp³-hybridized carbons (Fsp3) is 0.488. The van der Waals surface area contributed by atoms with Gasteiger partial charge in [-0.25, -0.2) is 9.18 Å². The highest BCUT2D eigenvalue weighted by atomic mass is 19.1. The third kappa shape index (κ3) is 9.00. The summed E-state index contributed by atoms with van der Waals surface area (Å²) in [5.41, 5.74) is 3.43. The van der Waals surface area contributed by atoms with Gasteiger partial charge in [0.2, 0.25) is 5.91 Å². The van der Waals surface area contributed by atoms with Crippen molar-refractivity contribution < 1.29 is 28.2 Å². The second-order valence-corrected chi connectivity index (χ2v) is 15.2. The number of nitrogens with zero attached hydrogens (tertiary/aromatic N) is 5. The van der Waals surface area contributed by atoms with Crippen LogP contribution in [0.1, 0.15) is 51.0 Å². The Morgan fingerprint density at radius 1 is 0.929 bits per heavy atom. The number of amides is 3. The number of nitrogens with one attached hydrogen (secondary N) is 1. The van der Waals surface area contributed by atoms with Gasteiger partial charge in [0.25, 0.3) is 5.56 Å². The van der Waals surface area contributed by atoms with Crippen LogP contribution < -0.4 is 30.0 Å². The van der Waals surface area contributed by atoms with Crippen LogP contribution in [0.3, 0.4) is 0 Å². The number of imide groups is 1. The SMILES string of the molecule is CCCCn1cc(-c2ccc(O[C@H]3CCN(CC4CCN(CCOc5ccc(C)c(N6CCC(=O)NC6=O)c5)CC4)C[C@@H]3F)c(OC)c2)c2ccncc2c1=O. The predicted octanol–water partition coefficient (Wildman–Crippen LogP) is 6.21. The molecule has 3 aliphatic heterocycles. The topological polar surface area (TPSA) is 118 Å². The first-order chi connectivity index (χ1) is 27.2. The van der Waals surface area contributed by atoms with Crippen LogP contribution in [-0.4, -0.2) is 103 Å². The molecular weight excluding hydrogens is 716 g/mol. The number of aromatic nitrogens is 2. The summed E-state index contributed by atoms with van der Waals surface area (Å²) in [7, 11) is 1.59. The molecule has 1 N–H and O–H groups in total. The molecule has 3 fully saturated rings. The summed E-state index contributed by atoms with van der Waals surface area (Å²) in [5.74, 6) is 1.99. The zero-order valence-corrected chi connectivity index (χ0v) is 32.7. The van der Waals surface area contributed by atoms with Gasteiger partial charge in [-0.1, -0.05) is 25.5 Å². The number of aryl methyl sites for hydroxylation is 2. The minimum atomic E-state index is -1.13. The van der Waals surface area contributed by atoms with Crippen LogP contribution in [-0.2, 0) is 11.3 Å². The first-order valence-corrected chi connectivity index (χ1v) is 20.0. The predicted molar refractivity (Wildman–Crippen MR) is 215 cm³/mol. The van der Waals surface area contributed by atoms with Crippen LogP contribution in [0.15, 0.2) is 65.8 Å². The number of hydrogen-bond donors (Lipinski definition) is 1. The van der Waals surface area contributed by atoms with Crippen LogP contribution in [0, 0.1) is 12.8 Å². The first-order valence-electron chi connectivity index (χ1n) is 20.0. The fourth-order valence-electron chi connectivity index (χ4n) is 8.12. The van der Waals surface area contributed by atoms with E-state index in [9.17, 15) is 14.4 Å². The van der Waals surface area contributed by atoms with Gasteiger partial charge in [-0.3, -0.25) is 34.6 Å². The van der Waals surface area contributed by atoms with E-state index in [1.54, 1.807) is 29.0 Å². The molecule has 0 bridgehead atoms. The molecule has 56 heavy (non-hydrogen) atoms. The van der Waals surface area contributed by atoms with Crippen molar-refractivity contribution in [3.8, 4) is 28.4 Å². The summed E-state index contributed by atoms with van der Waals surface area (Å²) in [4.78, 5) is 47.6. The van der Waals surface area contributed by atoms with Gasteiger partial charge in [0.1, 0.15) is 24.6 Å². The number of anilines is 1. The van der Waals surface area contributed by atoms with Gasteiger partial charge in [-0.15, -0.1) is 0 Å². The zero-order valence-electron chi connectivity index (χ0n) is 32.7. The van der Waals surface area contributed by atoms with E-state index in [1.165, 1.54) is 0 Å². The zero-order chi connectivity index (χ0) is 39.2. The van der Waals surface area contributed by atoms with E-state index in [0.717, 1.165) is 86.2 Å². The second kappa shape index (κ2) is 17.8. The third-order valence-corrected chi connectivity index (χ3v) is 11.4. The molecule has 0 spiro atoms. The maximum absolute atomic E-state index is 15.7. The highest BCUT2D eigenvalue weighted by molar-refractivity contribution is 6.06. The minimum Gasteiger partial charge on any atom is -0.493 e. The van der Waals surface area contributed by atoms with Crippen LogP contribution in [0.25, 0.3) is 21.9 Å². The maximum atomic E-state index is 15.7. The Labute approximate surface area is 327 Å². The van der Waals surface area contributed by atoms with E-state index in [-0.39, 0.29) is 17.9 Å². The normalized spacial score (nSPS) is 20.0. The fourth-order valence-corrected chi connectivity index (χ4v) is 8.12. The number of methoxy groups -OCH3 is 1. The summed E-state index contributed by atoms with van der Waals surface area (Å²) >= 11 is 0. The molecule has 7 rings (SSSR count). The maximum Gasteiger partial charge on any atom is 0.328 e. The molecule has 5 heterocycles. The van der Waals surface area contributed by atoms with Crippen molar-refractivity contribution in [2.24, 2.45) is 5.92 Å². The third-order valence-electron chi connectivity index (χ3n) is 11.4. The number of pyridine rings is 2. The molecular formula is C43H53FN6O6. The Hall–Kier alpha value is -5.01. The van der Waals surface area contributed by atoms with Crippen molar-refractivity contribution >= 4 is 28.4 Å². The lowest BCUT2D eigenvalue weighted by Crippen LogP contribution is -2.49. The monoisotopic (exact) mass is 768 g/mol. The summed E-state index contributed by atoms with van der Waals surface area (Å²) in [5, 5.41) is 3.78.